The molecule has 1 heterocycles. The first-order valence-corrected chi connectivity index (χ1v) is 8.66. The zero-order chi connectivity index (χ0) is 13.1. The Balaban J connectivity index is 1.65. The van der Waals surface area contributed by atoms with E-state index < -0.39 is 0 Å². The summed E-state index contributed by atoms with van der Waals surface area (Å²) in [6, 6.07) is 10.2. The van der Waals surface area contributed by atoms with Crippen LogP contribution in [0.1, 0.15) is 38.5 Å². The number of anilines is 1. The fraction of sp³-hybridized carbons (Fsp3) is 0.625. The third kappa shape index (κ3) is 3.43. The Labute approximate surface area is 129 Å². The van der Waals surface area contributed by atoms with E-state index >= 15 is 0 Å². The molecule has 0 amide bonds. The average Bonchev–Trinajstić information content (AvgIpc) is 2.88. The summed E-state index contributed by atoms with van der Waals surface area (Å²) < 4.78 is 1.31. The van der Waals surface area contributed by atoms with Gasteiger partial charge in [-0.3, -0.25) is 0 Å². The fourth-order valence-corrected chi connectivity index (χ4v) is 4.23. The summed E-state index contributed by atoms with van der Waals surface area (Å²) in [4.78, 5) is 0. The monoisotopic (exact) mass is 370 g/mol. The van der Waals surface area contributed by atoms with Crippen LogP contribution in [0.15, 0.2) is 24.3 Å². The Morgan fingerprint density at radius 1 is 1.11 bits per heavy atom. The van der Waals surface area contributed by atoms with Crippen molar-refractivity contribution in [3.63, 3.8) is 0 Å². The molecule has 0 aromatic heterocycles. The highest BCUT2D eigenvalue weighted by atomic mass is 127. The van der Waals surface area contributed by atoms with E-state index in [4.69, 9.17) is 0 Å². The van der Waals surface area contributed by atoms with Gasteiger partial charge in [0, 0.05) is 21.3 Å². The van der Waals surface area contributed by atoms with Gasteiger partial charge < -0.3 is 10.6 Å². The molecule has 1 aromatic carbocycles. The van der Waals surface area contributed by atoms with E-state index in [0.717, 1.165) is 12.0 Å². The maximum atomic E-state index is 3.78. The first kappa shape index (κ1) is 13.7. The van der Waals surface area contributed by atoms with Gasteiger partial charge in [-0.05, 0) is 78.9 Å². The number of hydrogen-bond donors (Lipinski definition) is 2. The Bertz CT molecular complexity index is 415. The lowest BCUT2D eigenvalue weighted by molar-refractivity contribution is 0.286. The van der Waals surface area contributed by atoms with E-state index in [1.54, 1.807) is 0 Å². The second kappa shape index (κ2) is 6.44. The summed E-state index contributed by atoms with van der Waals surface area (Å²) in [5.41, 5.74) is 1.29. The molecule has 3 atom stereocenters. The van der Waals surface area contributed by atoms with Gasteiger partial charge in [0.2, 0.25) is 0 Å². The lowest BCUT2D eigenvalue weighted by Gasteiger charge is -2.33. The van der Waals surface area contributed by atoms with Gasteiger partial charge >= 0.3 is 0 Å². The van der Waals surface area contributed by atoms with E-state index in [-0.39, 0.29) is 0 Å². The van der Waals surface area contributed by atoms with Crippen LogP contribution in [0.25, 0.3) is 0 Å². The smallest absolute Gasteiger partial charge is 0.0353 e. The number of rotatable bonds is 3. The quantitative estimate of drug-likeness (QED) is 0.786. The van der Waals surface area contributed by atoms with Gasteiger partial charge in [-0.2, -0.15) is 0 Å². The van der Waals surface area contributed by atoms with Gasteiger partial charge in [0.25, 0.3) is 0 Å². The molecule has 2 nitrogen and oxygen atoms in total. The Morgan fingerprint density at radius 2 is 2.05 bits per heavy atom. The summed E-state index contributed by atoms with van der Waals surface area (Å²) in [7, 11) is 0. The van der Waals surface area contributed by atoms with Crippen molar-refractivity contribution in [2.75, 3.05) is 11.9 Å². The van der Waals surface area contributed by atoms with Crippen molar-refractivity contribution in [3.05, 3.63) is 27.8 Å². The molecular formula is C16H23IN2. The molecular weight excluding hydrogens is 347 g/mol. The predicted octanol–water partition coefficient (Wildman–Crippen LogP) is 4.01. The zero-order valence-electron chi connectivity index (χ0n) is 11.4. The number of halogens is 1. The highest BCUT2D eigenvalue weighted by Gasteiger charge is 2.34. The summed E-state index contributed by atoms with van der Waals surface area (Å²) >= 11 is 2.39. The summed E-state index contributed by atoms with van der Waals surface area (Å²) in [5, 5.41) is 7.53. The molecule has 0 spiro atoms. The largest absolute Gasteiger partial charge is 0.382 e. The van der Waals surface area contributed by atoms with Crippen molar-refractivity contribution in [1.29, 1.82) is 0 Å². The normalized spacial score (nSPS) is 31.3. The molecule has 1 saturated carbocycles. The van der Waals surface area contributed by atoms with E-state index in [1.165, 1.54) is 54.3 Å². The van der Waals surface area contributed by atoms with Crippen LogP contribution in [0.5, 0.6) is 0 Å². The maximum absolute atomic E-state index is 3.78. The van der Waals surface area contributed by atoms with Crippen LogP contribution in [0, 0.1) is 9.49 Å². The Kier molecular flexibility index (Phi) is 4.64. The van der Waals surface area contributed by atoms with Gasteiger partial charge in [-0.25, -0.2) is 0 Å². The Morgan fingerprint density at radius 3 is 2.84 bits per heavy atom. The second-order valence-corrected chi connectivity index (χ2v) is 7.16. The van der Waals surface area contributed by atoms with Crippen LogP contribution >= 0.6 is 22.6 Å². The van der Waals surface area contributed by atoms with Crippen LogP contribution in [0.4, 0.5) is 5.69 Å². The third-order valence-corrected chi connectivity index (χ3v) is 5.28. The lowest BCUT2D eigenvalue weighted by Crippen LogP contribution is -2.44. The molecule has 1 aliphatic carbocycles. The third-order valence-electron chi connectivity index (χ3n) is 4.61. The number of hydrogen-bond acceptors (Lipinski definition) is 2. The van der Waals surface area contributed by atoms with Gasteiger partial charge in [-0.1, -0.05) is 18.9 Å². The summed E-state index contributed by atoms with van der Waals surface area (Å²) in [6.07, 6.45) is 8.23. The average molecular weight is 370 g/mol. The van der Waals surface area contributed by atoms with Crippen molar-refractivity contribution in [3.8, 4) is 0 Å². The molecule has 19 heavy (non-hydrogen) atoms. The van der Waals surface area contributed by atoms with Gasteiger partial charge in [-0.15, -0.1) is 0 Å². The van der Waals surface area contributed by atoms with Crippen molar-refractivity contribution in [1.82, 2.24) is 5.32 Å². The molecule has 1 aliphatic heterocycles. The van der Waals surface area contributed by atoms with E-state index in [9.17, 15) is 0 Å². The maximum Gasteiger partial charge on any atom is 0.0353 e. The number of nitrogens with one attached hydrogen (secondary N) is 2. The van der Waals surface area contributed by atoms with Crippen molar-refractivity contribution >= 4 is 28.3 Å². The van der Waals surface area contributed by atoms with Crippen LogP contribution in [0.3, 0.4) is 0 Å². The summed E-state index contributed by atoms with van der Waals surface area (Å²) in [6.45, 7) is 1.22. The first-order valence-electron chi connectivity index (χ1n) is 7.58. The standard InChI is InChI=1S/C16H23IN2/c17-12-5-3-6-13(11-12)19-16-9-4-7-14(16)15-8-1-2-10-18-15/h3,5-6,11,14-16,18-19H,1-2,4,7-10H2. The first-order chi connectivity index (χ1) is 9.33. The molecule has 0 bridgehead atoms. The van der Waals surface area contributed by atoms with Crippen LogP contribution in [-0.2, 0) is 0 Å². The van der Waals surface area contributed by atoms with E-state index in [2.05, 4.69) is 57.5 Å². The van der Waals surface area contributed by atoms with Crippen molar-refractivity contribution < 1.29 is 0 Å². The lowest BCUT2D eigenvalue weighted by atomic mass is 9.88. The second-order valence-electron chi connectivity index (χ2n) is 5.91. The van der Waals surface area contributed by atoms with E-state index in [0.29, 0.717) is 6.04 Å². The number of benzene rings is 1. The number of piperidine rings is 1. The Hall–Kier alpha value is -0.290. The zero-order valence-corrected chi connectivity index (χ0v) is 13.5. The van der Waals surface area contributed by atoms with E-state index in [1.807, 2.05) is 0 Å². The molecule has 1 aromatic rings. The minimum atomic E-state index is 0.661. The SMILES string of the molecule is Ic1cccc(NC2CCCC2C2CCCCN2)c1. The topological polar surface area (TPSA) is 24.1 Å². The molecule has 2 fully saturated rings. The molecule has 3 unspecified atom stereocenters. The molecule has 104 valence electrons. The van der Waals surface area contributed by atoms with Crippen LogP contribution < -0.4 is 10.6 Å². The fourth-order valence-electron chi connectivity index (χ4n) is 3.69. The minimum absolute atomic E-state index is 0.661. The van der Waals surface area contributed by atoms with Crippen LogP contribution in [0.2, 0.25) is 0 Å². The molecule has 3 heteroatoms. The van der Waals surface area contributed by atoms with Crippen molar-refractivity contribution in [2.24, 2.45) is 5.92 Å². The minimum Gasteiger partial charge on any atom is -0.382 e. The van der Waals surface area contributed by atoms with Crippen molar-refractivity contribution in [2.45, 2.75) is 50.6 Å². The molecule has 3 rings (SSSR count). The summed E-state index contributed by atoms with van der Waals surface area (Å²) in [5.74, 6) is 0.818. The molecule has 2 aliphatic rings. The van der Waals surface area contributed by atoms with Gasteiger partial charge in [0.15, 0.2) is 0 Å². The van der Waals surface area contributed by atoms with Gasteiger partial charge in [0.05, 0.1) is 0 Å². The van der Waals surface area contributed by atoms with Gasteiger partial charge in [0.1, 0.15) is 0 Å². The highest BCUT2D eigenvalue weighted by Crippen LogP contribution is 2.33. The van der Waals surface area contributed by atoms with Crippen LogP contribution in [-0.4, -0.2) is 18.6 Å². The predicted molar refractivity (Wildman–Crippen MR) is 89.6 cm³/mol. The molecule has 2 N–H and O–H groups in total. The molecule has 0 radical (unpaired) electrons. The molecule has 1 saturated heterocycles. The highest BCUT2D eigenvalue weighted by molar-refractivity contribution is 14.1.